The molecule has 98 valence electrons. The summed E-state index contributed by atoms with van der Waals surface area (Å²) in [5.41, 5.74) is 2.03. The van der Waals surface area contributed by atoms with Crippen LogP contribution in [0.1, 0.15) is 31.2 Å². The number of rotatable bonds is 6. The number of benzene rings is 1. The molecule has 1 aromatic rings. The van der Waals surface area contributed by atoms with Crippen molar-refractivity contribution in [3.8, 4) is 0 Å². The summed E-state index contributed by atoms with van der Waals surface area (Å²) in [7, 11) is 0. The monoisotopic (exact) mass is 246 g/mol. The largest absolute Gasteiger partial charge is 0.325 e. The second-order valence-electron chi connectivity index (χ2n) is 5.18. The molecule has 2 rings (SSSR count). The Morgan fingerprint density at radius 1 is 1.39 bits per heavy atom. The molecule has 18 heavy (non-hydrogen) atoms. The van der Waals surface area contributed by atoms with E-state index in [0.717, 1.165) is 23.7 Å². The number of anilines is 1. The second kappa shape index (κ2) is 6.55. The predicted molar refractivity (Wildman–Crippen MR) is 74.6 cm³/mol. The minimum atomic E-state index is 0.0363. The van der Waals surface area contributed by atoms with Crippen LogP contribution in [-0.4, -0.2) is 19.0 Å². The fourth-order valence-electron chi connectivity index (χ4n) is 2.22. The van der Waals surface area contributed by atoms with Gasteiger partial charge in [0.2, 0.25) is 5.91 Å². The van der Waals surface area contributed by atoms with Crippen molar-refractivity contribution in [3.63, 3.8) is 0 Å². The van der Waals surface area contributed by atoms with E-state index >= 15 is 0 Å². The van der Waals surface area contributed by atoms with Gasteiger partial charge < -0.3 is 10.6 Å². The average Bonchev–Trinajstić information content (AvgIpc) is 2.26. The summed E-state index contributed by atoms with van der Waals surface area (Å²) in [5, 5.41) is 6.10. The highest BCUT2D eigenvalue weighted by atomic mass is 16.1. The Morgan fingerprint density at radius 2 is 2.22 bits per heavy atom. The van der Waals surface area contributed by atoms with Crippen molar-refractivity contribution in [3.05, 3.63) is 29.8 Å². The van der Waals surface area contributed by atoms with Crippen LogP contribution in [0.4, 0.5) is 5.69 Å². The van der Waals surface area contributed by atoms with Gasteiger partial charge in [-0.2, -0.15) is 0 Å². The van der Waals surface area contributed by atoms with E-state index in [9.17, 15) is 4.79 Å². The Kier molecular flexibility index (Phi) is 4.76. The Hall–Kier alpha value is -1.35. The highest BCUT2D eigenvalue weighted by Crippen LogP contribution is 2.28. The van der Waals surface area contributed by atoms with Gasteiger partial charge in [-0.25, -0.2) is 0 Å². The molecule has 1 aromatic carbocycles. The first kappa shape index (κ1) is 13.1. The van der Waals surface area contributed by atoms with Gasteiger partial charge in [0.15, 0.2) is 0 Å². The molecule has 1 amide bonds. The van der Waals surface area contributed by atoms with Crippen LogP contribution in [0.2, 0.25) is 0 Å². The van der Waals surface area contributed by atoms with Gasteiger partial charge in [0.25, 0.3) is 0 Å². The van der Waals surface area contributed by atoms with Crippen LogP contribution in [0.3, 0.4) is 0 Å². The fraction of sp³-hybridized carbons (Fsp3) is 0.533. The number of amides is 1. The third-order valence-electron chi connectivity index (χ3n) is 3.54. The maximum atomic E-state index is 11.7. The lowest BCUT2D eigenvalue weighted by Gasteiger charge is -2.25. The molecule has 1 fully saturated rings. The van der Waals surface area contributed by atoms with Gasteiger partial charge in [-0.05, 0) is 43.5 Å². The van der Waals surface area contributed by atoms with Gasteiger partial charge in [0.1, 0.15) is 0 Å². The van der Waals surface area contributed by atoms with Gasteiger partial charge in [0.05, 0.1) is 6.54 Å². The zero-order valence-electron chi connectivity index (χ0n) is 11.0. The van der Waals surface area contributed by atoms with E-state index in [1.54, 1.807) is 0 Å². The minimum Gasteiger partial charge on any atom is -0.325 e. The molecule has 3 heteroatoms. The molecule has 2 N–H and O–H groups in total. The van der Waals surface area contributed by atoms with E-state index in [1.807, 2.05) is 31.2 Å². The zero-order valence-corrected chi connectivity index (χ0v) is 11.0. The van der Waals surface area contributed by atoms with E-state index in [4.69, 9.17) is 0 Å². The van der Waals surface area contributed by atoms with Crippen molar-refractivity contribution >= 4 is 11.6 Å². The normalized spacial score (nSPS) is 15.2. The second-order valence-corrected chi connectivity index (χ2v) is 5.18. The summed E-state index contributed by atoms with van der Waals surface area (Å²) in [5.74, 6) is 0.937. The van der Waals surface area contributed by atoms with Crippen molar-refractivity contribution in [2.24, 2.45) is 5.92 Å². The van der Waals surface area contributed by atoms with Crippen molar-refractivity contribution < 1.29 is 4.79 Å². The van der Waals surface area contributed by atoms with Crippen LogP contribution in [0.5, 0.6) is 0 Å². The standard InChI is InChI=1S/C15H22N2O/c1-12-4-2-7-14(10-12)17-15(18)11-16-9-8-13-5-3-6-13/h2,4,7,10,13,16H,3,5-6,8-9,11H2,1H3,(H,17,18). The van der Waals surface area contributed by atoms with Crippen molar-refractivity contribution in [2.45, 2.75) is 32.6 Å². The number of hydrogen-bond donors (Lipinski definition) is 2. The molecule has 1 aliphatic carbocycles. The highest BCUT2D eigenvalue weighted by molar-refractivity contribution is 5.92. The molecule has 0 unspecified atom stereocenters. The quantitative estimate of drug-likeness (QED) is 0.758. The summed E-state index contributed by atoms with van der Waals surface area (Å²) in [6, 6.07) is 7.87. The molecule has 0 saturated heterocycles. The van der Waals surface area contributed by atoms with Gasteiger partial charge in [-0.15, -0.1) is 0 Å². The lowest BCUT2D eigenvalue weighted by Crippen LogP contribution is -2.30. The first-order valence-electron chi connectivity index (χ1n) is 6.81. The van der Waals surface area contributed by atoms with Crippen LogP contribution in [0.15, 0.2) is 24.3 Å². The maximum Gasteiger partial charge on any atom is 0.238 e. The molecule has 3 nitrogen and oxygen atoms in total. The average molecular weight is 246 g/mol. The minimum absolute atomic E-state index is 0.0363. The van der Waals surface area contributed by atoms with Crippen LogP contribution in [0, 0.1) is 12.8 Å². The Labute approximate surface area is 109 Å². The first-order valence-corrected chi connectivity index (χ1v) is 6.81. The number of hydrogen-bond acceptors (Lipinski definition) is 2. The van der Waals surface area contributed by atoms with Gasteiger partial charge in [-0.3, -0.25) is 4.79 Å². The summed E-state index contributed by atoms with van der Waals surface area (Å²) in [6.07, 6.45) is 5.34. The summed E-state index contributed by atoms with van der Waals surface area (Å²) in [6.45, 7) is 3.37. The lowest BCUT2D eigenvalue weighted by atomic mass is 9.83. The molecule has 0 bridgehead atoms. The molecule has 1 saturated carbocycles. The van der Waals surface area contributed by atoms with Crippen LogP contribution in [0.25, 0.3) is 0 Å². The lowest BCUT2D eigenvalue weighted by molar-refractivity contribution is -0.115. The smallest absolute Gasteiger partial charge is 0.238 e. The Bertz CT molecular complexity index is 399. The molecule has 0 radical (unpaired) electrons. The van der Waals surface area contributed by atoms with Crippen LogP contribution < -0.4 is 10.6 Å². The highest BCUT2D eigenvalue weighted by Gasteiger charge is 2.16. The van der Waals surface area contributed by atoms with Crippen molar-refractivity contribution in [1.29, 1.82) is 0 Å². The van der Waals surface area contributed by atoms with E-state index in [1.165, 1.54) is 25.7 Å². The summed E-state index contributed by atoms with van der Waals surface area (Å²) in [4.78, 5) is 11.7. The molecular formula is C15H22N2O. The molecule has 0 atom stereocenters. The summed E-state index contributed by atoms with van der Waals surface area (Å²) >= 11 is 0. The Balaban J connectivity index is 1.62. The third kappa shape index (κ3) is 4.15. The third-order valence-corrected chi connectivity index (χ3v) is 3.54. The van der Waals surface area contributed by atoms with E-state index in [-0.39, 0.29) is 5.91 Å². The first-order chi connectivity index (χ1) is 8.74. The van der Waals surface area contributed by atoms with E-state index in [2.05, 4.69) is 10.6 Å². The molecule has 0 aliphatic heterocycles. The van der Waals surface area contributed by atoms with Crippen molar-refractivity contribution in [1.82, 2.24) is 5.32 Å². The van der Waals surface area contributed by atoms with E-state index in [0.29, 0.717) is 6.54 Å². The van der Waals surface area contributed by atoms with Crippen molar-refractivity contribution in [2.75, 3.05) is 18.4 Å². The number of nitrogens with one attached hydrogen (secondary N) is 2. The molecule has 0 spiro atoms. The SMILES string of the molecule is Cc1cccc(NC(=O)CNCCC2CCC2)c1. The van der Waals surface area contributed by atoms with Gasteiger partial charge in [0, 0.05) is 5.69 Å². The molecule has 0 heterocycles. The molecular weight excluding hydrogens is 224 g/mol. The predicted octanol–water partition coefficient (Wildman–Crippen LogP) is 2.71. The number of aryl methyl sites for hydroxylation is 1. The van der Waals surface area contributed by atoms with Crippen LogP contribution >= 0.6 is 0 Å². The van der Waals surface area contributed by atoms with Gasteiger partial charge in [-0.1, -0.05) is 31.4 Å². The fourth-order valence-corrected chi connectivity index (χ4v) is 2.22. The Morgan fingerprint density at radius 3 is 2.89 bits per heavy atom. The van der Waals surface area contributed by atoms with Crippen LogP contribution in [-0.2, 0) is 4.79 Å². The van der Waals surface area contributed by atoms with Gasteiger partial charge >= 0.3 is 0 Å². The molecule has 1 aliphatic rings. The van der Waals surface area contributed by atoms with E-state index < -0.39 is 0 Å². The zero-order chi connectivity index (χ0) is 12.8. The maximum absolute atomic E-state index is 11.7. The topological polar surface area (TPSA) is 41.1 Å². The number of carbonyl (C=O) groups is 1. The number of carbonyl (C=O) groups excluding carboxylic acids is 1. The molecule has 0 aromatic heterocycles. The summed E-state index contributed by atoms with van der Waals surface area (Å²) < 4.78 is 0.